The zero-order valence-corrected chi connectivity index (χ0v) is 8.24. The molecule has 0 fully saturated rings. The van der Waals surface area contributed by atoms with Gasteiger partial charge in [-0.25, -0.2) is 4.79 Å². The maximum Gasteiger partial charge on any atom is 0.329 e. The SMILES string of the molecule is Cc1ccc(N/C=C/C(=O)O)cc1C. The molecular formula is C11H13NO2. The summed E-state index contributed by atoms with van der Waals surface area (Å²) >= 11 is 0. The molecule has 74 valence electrons. The number of carbonyl (C=O) groups is 1. The summed E-state index contributed by atoms with van der Waals surface area (Å²) in [5.41, 5.74) is 3.29. The minimum atomic E-state index is -0.957. The summed E-state index contributed by atoms with van der Waals surface area (Å²) in [5.74, 6) is -0.957. The number of carboxylic acids is 1. The summed E-state index contributed by atoms with van der Waals surface area (Å²) in [6, 6.07) is 5.88. The standard InChI is InChI=1S/C11H13NO2/c1-8-3-4-10(7-9(8)2)12-6-5-11(13)14/h3-7,12H,1-2H3,(H,13,14)/b6-5+. The van der Waals surface area contributed by atoms with Crippen molar-refractivity contribution in [1.29, 1.82) is 0 Å². The van der Waals surface area contributed by atoms with E-state index in [1.165, 1.54) is 17.3 Å². The topological polar surface area (TPSA) is 49.3 Å². The van der Waals surface area contributed by atoms with Crippen molar-refractivity contribution in [2.45, 2.75) is 13.8 Å². The Morgan fingerprint density at radius 1 is 1.36 bits per heavy atom. The van der Waals surface area contributed by atoms with Crippen molar-refractivity contribution in [3.05, 3.63) is 41.6 Å². The molecule has 1 aromatic rings. The molecule has 0 aliphatic heterocycles. The number of anilines is 1. The van der Waals surface area contributed by atoms with Gasteiger partial charge >= 0.3 is 5.97 Å². The van der Waals surface area contributed by atoms with Gasteiger partial charge in [-0.3, -0.25) is 0 Å². The molecule has 0 atom stereocenters. The highest BCUT2D eigenvalue weighted by Crippen LogP contribution is 2.13. The largest absolute Gasteiger partial charge is 0.478 e. The highest BCUT2D eigenvalue weighted by atomic mass is 16.4. The average Bonchev–Trinajstić information content (AvgIpc) is 2.10. The van der Waals surface area contributed by atoms with Gasteiger partial charge in [-0.1, -0.05) is 6.07 Å². The molecule has 0 aromatic heterocycles. The number of nitrogens with one attached hydrogen (secondary N) is 1. The van der Waals surface area contributed by atoms with Crippen LogP contribution in [0.1, 0.15) is 11.1 Å². The fourth-order valence-electron chi connectivity index (χ4n) is 1.04. The summed E-state index contributed by atoms with van der Waals surface area (Å²) in [6.07, 6.45) is 2.47. The van der Waals surface area contributed by atoms with Gasteiger partial charge in [-0.2, -0.15) is 0 Å². The molecule has 3 nitrogen and oxygen atoms in total. The third-order valence-electron chi connectivity index (χ3n) is 1.98. The number of aryl methyl sites for hydroxylation is 2. The van der Waals surface area contributed by atoms with Gasteiger partial charge in [0, 0.05) is 18.0 Å². The van der Waals surface area contributed by atoms with Crippen molar-refractivity contribution in [3.8, 4) is 0 Å². The van der Waals surface area contributed by atoms with Crippen LogP contribution < -0.4 is 5.32 Å². The molecule has 1 rings (SSSR count). The number of carboxylic acid groups (broad SMARTS) is 1. The predicted octanol–water partition coefficient (Wildman–Crippen LogP) is 2.31. The third kappa shape index (κ3) is 2.94. The van der Waals surface area contributed by atoms with E-state index >= 15 is 0 Å². The van der Waals surface area contributed by atoms with E-state index in [2.05, 4.69) is 5.32 Å². The van der Waals surface area contributed by atoms with E-state index in [-0.39, 0.29) is 0 Å². The van der Waals surface area contributed by atoms with Crippen LogP contribution in [0.25, 0.3) is 0 Å². The first-order valence-electron chi connectivity index (χ1n) is 4.33. The molecule has 2 N–H and O–H groups in total. The molecule has 3 heteroatoms. The van der Waals surface area contributed by atoms with Gasteiger partial charge in [0.1, 0.15) is 0 Å². The lowest BCUT2D eigenvalue weighted by atomic mass is 10.1. The third-order valence-corrected chi connectivity index (χ3v) is 1.98. The second kappa shape index (κ2) is 4.46. The first kappa shape index (κ1) is 10.3. The Kier molecular flexibility index (Phi) is 3.29. The van der Waals surface area contributed by atoms with Gasteiger partial charge in [-0.15, -0.1) is 0 Å². The molecule has 0 radical (unpaired) electrons. The van der Waals surface area contributed by atoms with Crippen molar-refractivity contribution in [2.24, 2.45) is 0 Å². The zero-order chi connectivity index (χ0) is 10.6. The lowest BCUT2D eigenvalue weighted by molar-refractivity contribution is -0.131. The molecule has 0 aliphatic carbocycles. The summed E-state index contributed by atoms with van der Waals surface area (Å²) in [7, 11) is 0. The van der Waals surface area contributed by atoms with Gasteiger partial charge in [0.25, 0.3) is 0 Å². The fourth-order valence-corrected chi connectivity index (χ4v) is 1.04. The number of hydrogen-bond donors (Lipinski definition) is 2. The Morgan fingerprint density at radius 2 is 2.07 bits per heavy atom. The highest BCUT2D eigenvalue weighted by molar-refractivity contribution is 5.80. The number of rotatable bonds is 3. The molecule has 0 heterocycles. The zero-order valence-electron chi connectivity index (χ0n) is 8.24. The van der Waals surface area contributed by atoms with E-state index in [9.17, 15) is 4.79 Å². The summed E-state index contributed by atoms with van der Waals surface area (Å²) in [6.45, 7) is 4.05. The van der Waals surface area contributed by atoms with Crippen molar-refractivity contribution in [3.63, 3.8) is 0 Å². The van der Waals surface area contributed by atoms with Crippen LogP contribution in [0.2, 0.25) is 0 Å². The second-order valence-electron chi connectivity index (χ2n) is 3.11. The molecule has 0 unspecified atom stereocenters. The van der Waals surface area contributed by atoms with E-state index in [0.29, 0.717) is 0 Å². The Morgan fingerprint density at radius 3 is 2.64 bits per heavy atom. The van der Waals surface area contributed by atoms with E-state index in [1.807, 2.05) is 32.0 Å². The van der Waals surface area contributed by atoms with E-state index in [0.717, 1.165) is 11.8 Å². The van der Waals surface area contributed by atoms with Crippen LogP contribution in [0.15, 0.2) is 30.5 Å². The van der Waals surface area contributed by atoms with Crippen LogP contribution in [-0.2, 0) is 4.79 Å². The second-order valence-corrected chi connectivity index (χ2v) is 3.11. The molecule has 1 aromatic carbocycles. The van der Waals surface area contributed by atoms with Crippen LogP contribution in [0.5, 0.6) is 0 Å². The van der Waals surface area contributed by atoms with E-state index in [1.54, 1.807) is 0 Å². The van der Waals surface area contributed by atoms with Gasteiger partial charge in [-0.05, 0) is 37.1 Å². The molecule has 0 spiro atoms. The minimum Gasteiger partial charge on any atom is -0.478 e. The molecule has 0 aliphatic rings. The van der Waals surface area contributed by atoms with E-state index < -0.39 is 5.97 Å². The maximum atomic E-state index is 10.2. The van der Waals surface area contributed by atoms with Crippen LogP contribution in [0.4, 0.5) is 5.69 Å². The van der Waals surface area contributed by atoms with Gasteiger partial charge in [0.15, 0.2) is 0 Å². The van der Waals surface area contributed by atoms with Gasteiger partial charge in [0.05, 0.1) is 0 Å². The quantitative estimate of drug-likeness (QED) is 0.721. The number of hydrogen-bond acceptors (Lipinski definition) is 2. The Bertz CT molecular complexity index is 370. The first-order chi connectivity index (χ1) is 6.59. The van der Waals surface area contributed by atoms with Crippen LogP contribution in [0, 0.1) is 13.8 Å². The lowest BCUT2D eigenvalue weighted by Crippen LogP contribution is -1.93. The maximum absolute atomic E-state index is 10.2. The van der Waals surface area contributed by atoms with E-state index in [4.69, 9.17) is 5.11 Å². The first-order valence-corrected chi connectivity index (χ1v) is 4.33. The predicted molar refractivity (Wildman–Crippen MR) is 56.3 cm³/mol. The molecule has 0 saturated carbocycles. The lowest BCUT2D eigenvalue weighted by Gasteiger charge is -2.03. The van der Waals surface area contributed by atoms with Crippen molar-refractivity contribution < 1.29 is 9.90 Å². The molecule has 14 heavy (non-hydrogen) atoms. The molecule has 0 bridgehead atoms. The van der Waals surface area contributed by atoms with Crippen molar-refractivity contribution >= 4 is 11.7 Å². The van der Waals surface area contributed by atoms with Crippen LogP contribution in [0.3, 0.4) is 0 Å². The van der Waals surface area contributed by atoms with Gasteiger partial charge in [0.2, 0.25) is 0 Å². The van der Waals surface area contributed by atoms with Crippen LogP contribution in [-0.4, -0.2) is 11.1 Å². The van der Waals surface area contributed by atoms with Crippen molar-refractivity contribution in [2.75, 3.05) is 5.32 Å². The van der Waals surface area contributed by atoms with Gasteiger partial charge < -0.3 is 10.4 Å². The van der Waals surface area contributed by atoms with Crippen LogP contribution >= 0.6 is 0 Å². The summed E-state index contributed by atoms with van der Waals surface area (Å²) in [4.78, 5) is 10.2. The van der Waals surface area contributed by atoms with Crippen molar-refractivity contribution in [1.82, 2.24) is 0 Å². The Balaban J connectivity index is 2.69. The average molecular weight is 191 g/mol. The molecule has 0 saturated heterocycles. The number of benzene rings is 1. The Labute approximate surface area is 83.1 Å². The Hall–Kier alpha value is -1.77. The molecule has 0 amide bonds. The number of aliphatic carboxylic acids is 1. The summed E-state index contributed by atoms with van der Waals surface area (Å²) < 4.78 is 0. The minimum absolute atomic E-state index is 0.894. The smallest absolute Gasteiger partial charge is 0.329 e. The highest BCUT2D eigenvalue weighted by Gasteiger charge is 1.93. The fraction of sp³-hybridized carbons (Fsp3) is 0.182. The molecular weight excluding hydrogens is 178 g/mol. The summed E-state index contributed by atoms with van der Waals surface area (Å²) in [5, 5.41) is 11.2. The monoisotopic (exact) mass is 191 g/mol. The normalized spacial score (nSPS) is 10.4.